The topological polar surface area (TPSA) is 70.1 Å². The number of likely N-dealkylation sites (tertiary alicyclic amines) is 1. The highest BCUT2D eigenvalue weighted by Crippen LogP contribution is 2.35. The summed E-state index contributed by atoms with van der Waals surface area (Å²) in [5, 5.41) is 8.99. The second-order valence-corrected chi connectivity index (χ2v) is 6.10. The summed E-state index contributed by atoms with van der Waals surface area (Å²) in [6.07, 6.45) is 5.02. The smallest absolute Gasteiger partial charge is 0.410 e. The molecule has 3 aliphatic rings. The Kier molecular flexibility index (Phi) is 3.72. The number of hydrogen-bond acceptors (Lipinski definition) is 3. The van der Waals surface area contributed by atoms with E-state index in [1.807, 2.05) is 4.90 Å². The van der Waals surface area contributed by atoms with E-state index in [0.717, 1.165) is 25.7 Å². The van der Waals surface area contributed by atoms with Crippen LogP contribution in [0.3, 0.4) is 0 Å². The predicted molar refractivity (Wildman–Crippen MR) is 71.6 cm³/mol. The van der Waals surface area contributed by atoms with Crippen molar-refractivity contribution in [3.05, 3.63) is 0 Å². The van der Waals surface area contributed by atoms with Crippen molar-refractivity contribution >= 4 is 12.2 Å². The number of ether oxygens (including phenoxy) is 1. The molecule has 3 fully saturated rings. The molecule has 0 aromatic carbocycles. The van der Waals surface area contributed by atoms with E-state index < -0.39 is 6.09 Å². The molecule has 0 aromatic heterocycles. The number of hydrogen-bond donors (Lipinski definition) is 1. The van der Waals surface area contributed by atoms with Gasteiger partial charge in [-0.25, -0.2) is 9.59 Å². The number of carboxylic acid groups (broad SMARTS) is 1. The third-order valence-corrected chi connectivity index (χ3v) is 4.99. The van der Waals surface area contributed by atoms with Crippen LogP contribution in [0.25, 0.3) is 0 Å². The third kappa shape index (κ3) is 2.43. The molecule has 2 saturated heterocycles. The molecule has 0 radical (unpaired) electrons. The van der Waals surface area contributed by atoms with Gasteiger partial charge in [0.05, 0.1) is 6.61 Å². The number of carbonyl (C=O) groups excluding carboxylic acids is 1. The number of carbonyl (C=O) groups is 2. The molecule has 1 N–H and O–H groups in total. The molecule has 0 aromatic rings. The fraction of sp³-hybridized carbons (Fsp3) is 0.857. The maximum absolute atomic E-state index is 12.1. The minimum Gasteiger partial charge on any atom is -0.465 e. The van der Waals surface area contributed by atoms with Crippen molar-refractivity contribution in [3.8, 4) is 0 Å². The van der Waals surface area contributed by atoms with E-state index in [9.17, 15) is 9.59 Å². The largest absolute Gasteiger partial charge is 0.465 e. The molecular formula is C14H22N2O4. The van der Waals surface area contributed by atoms with Gasteiger partial charge in [-0.3, -0.25) is 0 Å². The van der Waals surface area contributed by atoms with Crippen LogP contribution in [0.15, 0.2) is 0 Å². The molecule has 3 rings (SSSR count). The number of rotatable bonds is 1. The Morgan fingerprint density at radius 2 is 1.85 bits per heavy atom. The zero-order chi connectivity index (χ0) is 14.1. The van der Waals surface area contributed by atoms with Gasteiger partial charge in [0.15, 0.2) is 0 Å². The summed E-state index contributed by atoms with van der Waals surface area (Å²) in [5.74, 6) is 0.471. The molecule has 0 bridgehead atoms. The molecule has 112 valence electrons. The summed E-state index contributed by atoms with van der Waals surface area (Å²) in [6.45, 7) is 1.59. The second kappa shape index (κ2) is 5.50. The van der Waals surface area contributed by atoms with E-state index in [-0.39, 0.29) is 12.1 Å². The first-order valence-electron chi connectivity index (χ1n) is 7.60. The van der Waals surface area contributed by atoms with Gasteiger partial charge in [-0.05, 0) is 25.7 Å². The average molecular weight is 282 g/mol. The molecular weight excluding hydrogens is 260 g/mol. The van der Waals surface area contributed by atoms with Crippen molar-refractivity contribution in [2.45, 2.75) is 50.6 Å². The van der Waals surface area contributed by atoms with E-state index in [1.165, 1.54) is 17.7 Å². The summed E-state index contributed by atoms with van der Waals surface area (Å²) in [6, 6.07) is 0.454. The number of nitrogens with zero attached hydrogens (tertiary/aromatic N) is 2. The van der Waals surface area contributed by atoms with Gasteiger partial charge < -0.3 is 19.6 Å². The quantitative estimate of drug-likeness (QED) is 0.800. The summed E-state index contributed by atoms with van der Waals surface area (Å²) in [5.41, 5.74) is 0. The highest BCUT2D eigenvalue weighted by Gasteiger charge is 2.42. The van der Waals surface area contributed by atoms with Crippen molar-refractivity contribution in [2.75, 3.05) is 19.7 Å². The fourth-order valence-electron chi connectivity index (χ4n) is 3.89. The van der Waals surface area contributed by atoms with Gasteiger partial charge in [-0.2, -0.15) is 0 Å². The first kappa shape index (κ1) is 13.5. The Morgan fingerprint density at radius 1 is 1.15 bits per heavy atom. The Morgan fingerprint density at radius 3 is 2.55 bits per heavy atom. The SMILES string of the molecule is O=C(O)N1CCC(N2C(=O)OCC3CCCCC32)CC1. The fourth-order valence-corrected chi connectivity index (χ4v) is 3.89. The van der Waals surface area contributed by atoms with Crippen molar-refractivity contribution in [3.63, 3.8) is 0 Å². The number of piperidine rings is 1. The molecule has 6 nitrogen and oxygen atoms in total. The summed E-state index contributed by atoms with van der Waals surface area (Å²) < 4.78 is 5.34. The van der Waals surface area contributed by atoms with Gasteiger partial charge in [-0.1, -0.05) is 12.8 Å². The number of fused-ring (bicyclic) bond motifs is 1. The van der Waals surface area contributed by atoms with Crippen LogP contribution in [-0.4, -0.2) is 58.9 Å². The Labute approximate surface area is 118 Å². The maximum Gasteiger partial charge on any atom is 0.410 e. The normalized spacial score (nSPS) is 31.7. The number of cyclic esters (lactones) is 1. The minimum absolute atomic E-state index is 0.143. The van der Waals surface area contributed by atoms with Crippen molar-refractivity contribution < 1.29 is 19.4 Å². The van der Waals surface area contributed by atoms with Gasteiger partial charge in [0.1, 0.15) is 0 Å². The standard InChI is InChI=1S/C14H22N2O4/c17-13(18)15-7-5-11(6-8-15)16-12-4-2-1-3-10(12)9-20-14(16)19/h10-12H,1-9H2,(H,17,18). The van der Waals surface area contributed by atoms with Crippen LogP contribution in [0, 0.1) is 5.92 Å². The Balaban J connectivity index is 1.68. The van der Waals surface area contributed by atoms with Crippen LogP contribution in [0.1, 0.15) is 38.5 Å². The molecule has 0 spiro atoms. The molecule has 6 heteroatoms. The lowest BCUT2D eigenvalue weighted by molar-refractivity contribution is -0.0358. The van der Waals surface area contributed by atoms with E-state index in [0.29, 0.717) is 31.7 Å². The summed E-state index contributed by atoms with van der Waals surface area (Å²) in [4.78, 5) is 26.5. The van der Waals surface area contributed by atoms with Crippen LogP contribution in [0.5, 0.6) is 0 Å². The maximum atomic E-state index is 12.1. The summed E-state index contributed by atoms with van der Waals surface area (Å²) >= 11 is 0. The second-order valence-electron chi connectivity index (χ2n) is 6.10. The van der Waals surface area contributed by atoms with Crippen molar-refractivity contribution in [1.29, 1.82) is 0 Å². The van der Waals surface area contributed by atoms with Crippen LogP contribution in [-0.2, 0) is 4.74 Å². The first-order chi connectivity index (χ1) is 9.66. The van der Waals surface area contributed by atoms with Crippen LogP contribution in [0.2, 0.25) is 0 Å². The van der Waals surface area contributed by atoms with Gasteiger partial charge in [0.25, 0.3) is 0 Å². The van der Waals surface area contributed by atoms with Crippen LogP contribution < -0.4 is 0 Å². The minimum atomic E-state index is -0.861. The van der Waals surface area contributed by atoms with Gasteiger partial charge >= 0.3 is 12.2 Å². The molecule has 20 heavy (non-hydrogen) atoms. The van der Waals surface area contributed by atoms with Gasteiger partial charge in [-0.15, -0.1) is 0 Å². The van der Waals surface area contributed by atoms with Gasteiger partial charge in [0.2, 0.25) is 0 Å². The first-order valence-corrected chi connectivity index (χ1v) is 7.60. The molecule has 2 atom stereocenters. The highest BCUT2D eigenvalue weighted by molar-refractivity contribution is 5.69. The van der Waals surface area contributed by atoms with E-state index in [1.54, 1.807) is 0 Å². The van der Waals surface area contributed by atoms with Crippen molar-refractivity contribution in [1.82, 2.24) is 9.80 Å². The zero-order valence-corrected chi connectivity index (χ0v) is 11.7. The van der Waals surface area contributed by atoms with Crippen LogP contribution >= 0.6 is 0 Å². The van der Waals surface area contributed by atoms with E-state index >= 15 is 0 Å². The zero-order valence-electron chi connectivity index (χ0n) is 11.7. The molecule has 1 saturated carbocycles. The highest BCUT2D eigenvalue weighted by atomic mass is 16.6. The molecule has 1 aliphatic carbocycles. The summed E-state index contributed by atoms with van der Waals surface area (Å²) in [7, 11) is 0. The lowest BCUT2D eigenvalue weighted by Crippen LogP contribution is -2.58. The molecule has 2 heterocycles. The molecule has 2 unspecified atom stereocenters. The molecule has 2 aliphatic heterocycles. The number of amides is 2. The predicted octanol–water partition coefficient (Wildman–Crippen LogP) is 2.14. The third-order valence-electron chi connectivity index (χ3n) is 4.99. The lowest BCUT2D eigenvalue weighted by Gasteiger charge is -2.48. The van der Waals surface area contributed by atoms with E-state index in [4.69, 9.17) is 9.84 Å². The van der Waals surface area contributed by atoms with E-state index in [2.05, 4.69) is 0 Å². The lowest BCUT2D eigenvalue weighted by atomic mass is 9.82. The molecule has 2 amide bonds. The van der Waals surface area contributed by atoms with Crippen LogP contribution in [0.4, 0.5) is 9.59 Å². The van der Waals surface area contributed by atoms with Gasteiger partial charge in [0, 0.05) is 31.1 Å². The average Bonchev–Trinajstić information content (AvgIpc) is 2.47. The Hall–Kier alpha value is -1.46. The van der Waals surface area contributed by atoms with Crippen molar-refractivity contribution in [2.24, 2.45) is 5.92 Å². The Bertz CT molecular complexity index is 393. The monoisotopic (exact) mass is 282 g/mol.